The molecule has 4 aromatic carbocycles. The van der Waals surface area contributed by atoms with Gasteiger partial charge in [0.1, 0.15) is 18.1 Å². The molecule has 0 N–H and O–H groups in total. The molecule has 0 radical (unpaired) electrons. The van der Waals surface area contributed by atoms with E-state index in [1.54, 1.807) is 47.9 Å². The maximum Gasteiger partial charge on any atom is 0.338 e. The fourth-order valence-corrected chi connectivity index (χ4v) is 6.86. The van der Waals surface area contributed by atoms with Crippen LogP contribution < -0.4 is 24.4 Å². The van der Waals surface area contributed by atoms with Crippen LogP contribution in [0.25, 0.3) is 11.8 Å². The highest BCUT2D eigenvalue weighted by Gasteiger charge is 2.35. The summed E-state index contributed by atoms with van der Waals surface area (Å²) in [4.78, 5) is 33.4. The lowest BCUT2D eigenvalue weighted by molar-refractivity contribution is -0.138. The third-order valence-electron chi connectivity index (χ3n) is 7.52. The highest BCUT2D eigenvalue weighted by atomic mass is 35.5. The Morgan fingerprint density at radius 1 is 0.896 bits per heavy atom. The maximum absolute atomic E-state index is 14.4. The molecule has 7 nitrogen and oxygen atoms in total. The number of hydrogen-bond donors (Lipinski definition) is 0. The number of nitrogens with zero attached hydrogens (tertiary/aromatic N) is 2. The summed E-state index contributed by atoms with van der Waals surface area (Å²) < 4.78 is 19.3. The van der Waals surface area contributed by atoms with Gasteiger partial charge in [-0.15, -0.1) is 0 Å². The van der Waals surface area contributed by atoms with E-state index < -0.39 is 12.0 Å². The highest BCUT2D eigenvalue weighted by Crippen LogP contribution is 2.36. The van der Waals surface area contributed by atoms with Crippen molar-refractivity contribution >= 4 is 63.9 Å². The molecule has 0 saturated heterocycles. The van der Waals surface area contributed by atoms with E-state index in [-0.39, 0.29) is 24.3 Å². The minimum atomic E-state index is -0.821. The number of carbonyl (C=O) groups is 1. The summed E-state index contributed by atoms with van der Waals surface area (Å²) in [5.74, 6) is 0.630. The lowest BCUT2D eigenvalue weighted by atomic mass is 9.93. The minimum absolute atomic E-state index is 0.157. The van der Waals surface area contributed by atoms with Crippen LogP contribution in [0, 0.1) is 0 Å². The van der Waals surface area contributed by atoms with Gasteiger partial charge in [-0.2, -0.15) is 0 Å². The molecule has 2 heterocycles. The van der Waals surface area contributed by atoms with Crippen molar-refractivity contribution in [2.75, 3.05) is 13.2 Å². The number of benzene rings is 4. The standard InChI is InChI=1S/C37H29Cl3N2O5S/c1-3-45-27-14-11-24(12-15-27)34-32(36(44)46-4-2)33(23-8-6-5-7-9-23)41-37-42(34)35(43)31(48-37)20-25-19-26(38)13-17-30(25)47-21-22-10-16-28(39)29(40)18-22/h5-20,34H,3-4,21H2,1-2H3/b31-20-/t34-/m0/s1. The van der Waals surface area contributed by atoms with Gasteiger partial charge in [0.15, 0.2) is 4.80 Å². The first-order chi connectivity index (χ1) is 23.3. The van der Waals surface area contributed by atoms with Gasteiger partial charge in [0.05, 0.1) is 45.1 Å². The summed E-state index contributed by atoms with van der Waals surface area (Å²) in [6.45, 7) is 4.52. The lowest BCUT2D eigenvalue weighted by Gasteiger charge is -2.26. The largest absolute Gasteiger partial charge is 0.494 e. The van der Waals surface area contributed by atoms with Crippen molar-refractivity contribution in [2.45, 2.75) is 26.5 Å². The predicted octanol–water partition coefficient (Wildman–Crippen LogP) is 7.87. The Hall–Kier alpha value is -4.34. The summed E-state index contributed by atoms with van der Waals surface area (Å²) in [6.07, 6.45) is 1.73. The van der Waals surface area contributed by atoms with Gasteiger partial charge in [0.2, 0.25) is 0 Å². The quantitative estimate of drug-likeness (QED) is 0.137. The molecule has 0 amide bonds. The molecule has 1 aliphatic rings. The second-order valence-electron chi connectivity index (χ2n) is 10.7. The second-order valence-corrected chi connectivity index (χ2v) is 12.9. The van der Waals surface area contributed by atoms with E-state index >= 15 is 0 Å². The molecule has 0 saturated carbocycles. The first-order valence-corrected chi connectivity index (χ1v) is 17.1. The normalized spacial score (nSPS) is 14.4. The summed E-state index contributed by atoms with van der Waals surface area (Å²) >= 11 is 19.9. The van der Waals surface area contributed by atoms with E-state index in [0.29, 0.717) is 59.3 Å². The molecule has 5 aromatic rings. The van der Waals surface area contributed by atoms with Crippen LogP contribution in [0.5, 0.6) is 11.5 Å². The molecule has 0 fully saturated rings. The van der Waals surface area contributed by atoms with Gasteiger partial charge in [-0.05, 0) is 73.5 Å². The van der Waals surface area contributed by atoms with Crippen molar-refractivity contribution < 1.29 is 19.0 Å². The van der Waals surface area contributed by atoms with Crippen molar-refractivity contribution in [1.29, 1.82) is 0 Å². The number of hydrogen-bond acceptors (Lipinski definition) is 7. The second kappa shape index (κ2) is 14.8. The van der Waals surface area contributed by atoms with E-state index in [4.69, 9.17) is 54.0 Å². The number of rotatable bonds is 10. The lowest BCUT2D eigenvalue weighted by Crippen LogP contribution is -2.40. The topological polar surface area (TPSA) is 79.1 Å². The van der Waals surface area contributed by atoms with Crippen LogP contribution in [0.2, 0.25) is 15.1 Å². The van der Waals surface area contributed by atoms with Crippen LogP contribution in [0.3, 0.4) is 0 Å². The Bertz CT molecular complexity index is 2200. The molecule has 48 heavy (non-hydrogen) atoms. The fourth-order valence-electron chi connectivity index (χ4n) is 5.36. The summed E-state index contributed by atoms with van der Waals surface area (Å²) in [5, 5.41) is 1.35. The molecule has 0 unspecified atom stereocenters. The van der Waals surface area contributed by atoms with E-state index in [1.165, 1.54) is 11.3 Å². The Labute approximate surface area is 295 Å². The Balaban J connectivity index is 1.52. The molecule has 244 valence electrons. The highest BCUT2D eigenvalue weighted by molar-refractivity contribution is 7.07. The molecule has 0 bridgehead atoms. The molecular weight excluding hydrogens is 691 g/mol. The molecule has 1 aromatic heterocycles. The van der Waals surface area contributed by atoms with Gasteiger partial charge in [-0.3, -0.25) is 9.36 Å². The zero-order valence-electron chi connectivity index (χ0n) is 25.9. The zero-order valence-corrected chi connectivity index (χ0v) is 29.0. The molecule has 0 aliphatic carbocycles. The average molecular weight is 720 g/mol. The summed E-state index contributed by atoms with van der Waals surface area (Å²) in [6, 6.07) is 26.4. The Kier molecular flexibility index (Phi) is 10.4. The number of halogens is 3. The van der Waals surface area contributed by atoms with E-state index in [2.05, 4.69) is 0 Å². The van der Waals surface area contributed by atoms with E-state index in [0.717, 1.165) is 11.1 Å². The van der Waals surface area contributed by atoms with Crippen molar-refractivity contribution in [1.82, 2.24) is 4.57 Å². The first-order valence-electron chi connectivity index (χ1n) is 15.1. The zero-order chi connectivity index (χ0) is 33.8. The van der Waals surface area contributed by atoms with Crippen LogP contribution in [0.1, 0.15) is 42.1 Å². The SMILES string of the molecule is CCOC(=O)C1=C(c2ccccc2)N=c2s/c(=C\c3cc(Cl)ccc3OCc3ccc(Cl)c(Cl)c3)c(=O)n2[C@H]1c1ccc(OCC)cc1. The third kappa shape index (κ3) is 7.08. The van der Waals surface area contributed by atoms with Crippen LogP contribution in [0.15, 0.2) is 106 Å². The molecular formula is C37H29Cl3N2O5S. The predicted molar refractivity (Wildman–Crippen MR) is 191 cm³/mol. The number of aromatic nitrogens is 1. The summed E-state index contributed by atoms with van der Waals surface area (Å²) in [7, 11) is 0. The number of carbonyl (C=O) groups excluding carboxylic acids is 1. The van der Waals surface area contributed by atoms with Gasteiger partial charge >= 0.3 is 5.97 Å². The third-order valence-corrected chi connectivity index (χ3v) is 9.47. The van der Waals surface area contributed by atoms with Gasteiger partial charge in [0, 0.05) is 16.1 Å². The van der Waals surface area contributed by atoms with Crippen LogP contribution in [0.4, 0.5) is 0 Å². The number of esters is 1. The van der Waals surface area contributed by atoms with Crippen molar-refractivity contribution in [2.24, 2.45) is 4.99 Å². The average Bonchev–Trinajstić information content (AvgIpc) is 3.40. The molecule has 11 heteroatoms. The number of thiazole rings is 1. The molecule has 6 rings (SSSR count). The Morgan fingerprint density at radius 2 is 1.67 bits per heavy atom. The van der Waals surface area contributed by atoms with E-state index in [1.807, 2.05) is 67.6 Å². The van der Waals surface area contributed by atoms with Crippen LogP contribution in [-0.4, -0.2) is 23.8 Å². The monoisotopic (exact) mass is 718 g/mol. The molecule has 1 aliphatic heterocycles. The number of ether oxygens (including phenoxy) is 3. The smallest absolute Gasteiger partial charge is 0.338 e. The van der Waals surface area contributed by atoms with Crippen molar-refractivity contribution in [3.05, 3.63) is 154 Å². The molecule has 0 spiro atoms. The summed E-state index contributed by atoms with van der Waals surface area (Å²) in [5.41, 5.74) is 3.21. The molecule has 1 atom stereocenters. The van der Waals surface area contributed by atoms with Crippen molar-refractivity contribution in [3.63, 3.8) is 0 Å². The maximum atomic E-state index is 14.4. The van der Waals surface area contributed by atoms with Crippen LogP contribution >= 0.6 is 46.1 Å². The first kappa shape index (κ1) is 33.6. The van der Waals surface area contributed by atoms with Gasteiger partial charge in [-0.1, -0.05) is 94.7 Å². The van der Waals surface area contributed by atoms with Crippen molar-refractivity contribution in [3.8, 4) is 11.5 Å². The minimum Gasteiger partial charge on any atom is -0.494 e. The van der Waals surface area contributed by atoms with E-state index in [9.17, 15) is 9.59 Å². The van der Waals surface area contributed by atoms with Gasteiger partial charge < -0.3 is 14.2 Å². The van der Waals surface area contributed by atoms with Gasteiger partial charge in [-0.25, -0.2) is 9.79 Å². The Morgan fingerprint density at radius 3 is 2.38 bits per heavy atom. The number of fused-ring (bicyclic) bond motifs is 1. The van der Waals surface area contributed by atoms with Crippen LogP contribution in [-0.2, 0) is 16.1 Å². The fraction of sp³-hybridized carbons (Fsp3) is 0.162. The van der Waals surface area contributed by atoms with Gasteiger partial charge in [0.25, 0.3) is 5.56 Å².